The molecule has 13 heteroatoms. The Hall–Kier alpha value is -4.04. The highest BCUT2D eigenvalue weighted by Crippen LogP contribution is 2.38. The molecule has 0 bridgehead atoms. The lowest BCUT2D eigenvalue weighted by molar-refractivity contribution is -0.0440. The van der Waals surface area contributed by atoms with Crippen molar-refractivity contribution < 1.29 is 32.2 Å². The molecule has 2 heterocycles. The van der Waals surface area contributed by atoms with Gasteiger partial charge in [-0.1, -0.05) is 17.4 Å². The zero-order valence-corrected chi connectivity index (χ0v) is 26.9. The minimum Gasteiger partial charge on any atom is -0.493 e. The second kappa shape index (κ2) is 12.9. The Labute approximate surface area is 260 Å². The van der Waals surface area contributed by atoms with Gasteiger partial charge in [0.25, 0.3) is 5.91 Å². The molecule has 1 aliphatic heterocycles. The van der Waals surface area contributed by atoms with Crippen molar-refractivity contribution in [1.82, 2.24) is 9.29 Å². The van der Waals surface area contributed by atoms with Crippen LogP contribution in [-0.4, -0.2) is 76.5 Å². The Morgan fingerprint density at radius 2 is 1.64 bits per heavy atom. The van der Waals surface area contributed by atoms with Crippen LogP contribution in [0.25, 0.3) is 10.2 Å². The number of hydrogen-bond acceptors (Lipinski definition) is 10. The molecule has 44 heavy (non-hydrogen) atoms. The monoisotopic (exact) mass is 638 g/mol. The third-order valence-electron chi connectivity index (χ3n) is 7.04. The van der Waals surface area contributed by atoms with Gasteiger partial charge in [-0.25, -0.2) is 13.4 Å². The molecular formula is C31H34N4O7S2. The number of thiazole rings is 1. The van der Waals surface area contributed by atoms with E-state index in [1.165, 1.54) is 72.5 Å². The van der Waals surface area contributed by atoms with Crippen LogP contribution in [-0.2, 0) is 14.8 Å². The lowest BCUT2D eigenvalue weighted by Crippen LogP contribution is -2.48. The molecule has 1 saturated heterocycles. The van der Waals surface area contributed by atoms with Crippen molar-refractivity contribution >= 4 is 48.8 Å². The smallest absolute Gasteiger partial charge is 0.280 e. The van der Waals surface area contributed by atoms with Crippen LogP contribution in [0, 0.1) is 6.92 Å². The number of ether oxygens (including phenoxy) is 4. The highest BCUT2D eigenvalue weighted by atomic mass is 32.2. The summed E-state index contributed by atoms with van der Waals surface area (Å²) in [6.45, 7) is 6.19. The van der Waals surface area contributed by atoms with Crippen molar-refractivity contribution in [2.45, 2.75) is 37.9 Å². The lowest BCUT2D eigenvalue weighted by Gasteiger charge is -2.34. The van der Waals surface area contributed by atoms with Gasteiger partial charge in [0.1, 0.15) is 0 Å². The number of methoxy groups -OCH3 is 3. The number of hydrogen-bond donors (Lipinski definition) is 0. The Morgan fingerprint density at radius 1 is 1.00 bits per heavy atom. The van der Waals surface area contributed by atoms with E-state index in [-0.39, 0.29) is 35.8 Å². The zero-order valence-electron chi connectivity index (χ0n) is 25.3. The number of benzene rings is 3. The quantitative estimate of drug-likeness (QED) is 0.183. The first-order valence-corrected chi connectivity index (χ1v) is 16.1. The molecule has 232 valence electrons. The van der Waals surface area contributed by atoms with Crippen molar-refractivity contribution in [3.05, 3.63) is 71.3 Å². The number of aromatic nitrogens is 1. The molecule has 0 N–H and O–H groups in total. The molecule has 4 aromatic rings. The number of rotatable bonds is 9. The number of hydrazone groups is 1. The van der Waals surface area contributed by atoms with E-state index in [0.717, 1.165) is 15.8 Å². The van der Waals surface area contributed by atoms with Gasteiger partial charge in [0, 0.05) is 24.2 Å². The second-order valence-electron chi connectivity index (χ2n) is 10.4. The highest BCUT2D eigenvalue weighted by molar-refractivity contribution is 7.89. The predicted octanol–water partition coefficient (Wildman–Crippen LogP) is 5.11. The number of carbonyl (C=O) groups is 1. The van der Waals surface area contributed by atoms with Gasteiger partial charge >= 0.3 is 0 Å². The standard InChI is InChI=1S/C31H34N4O7S2/c1-19-7-12-25-28(13-19)43-31(33-25)35(32-16-22-14-26(39-4)29(41-6)27(15-22)40-5)30(36)23-8-10-24(11-9-23)44(37,38)34-17-20(2)42-21(3)18-34/h7-16,20-21H,17-18H2,1-6H3/b32-16+. The van der Waals surface area contributed by atoms with Crippen LogP contribution in [0.4, 0.5) is 5.13 Å². The molecule has 3 aromatic carbocycles. The molecule has 1 fully saturated rings. The fourth-order valence-corrected chi connectivity index (χ4v) is 7.58. The van der Waals surface area contributed by atoms with E-state index in [4.69, 9.17) is 18.9 Å². The molecule has 0 spiro atoms. The van der Waals surface area contributed by atoms with Gasteiger partial charge in [-0.05, 0) is 74.9 Å². The maximum Gasteiger partial charge on any atom is 0.280 e. The van der Waals surface area contributed by atoms with Gasteiger partial charge in [-0.3, -0.25) is 4.79 Å². The average molecular weight is 639 g/mol. The van der Waals surface area contributed by atoms with Crippen LogP contribution >= 0.6 is 11.3 Å². The number of carbonyl (C=O) groups excluding carboxylic acids is 1. The fraction of sp³-hybridized carbons (Fsp3) is 0.323. The molecule has 5 rings (SSSR count). The third-order valence-corrected chi connectivity index (χ3v) is 9.88. The molecule has 1 aliphatic rings. The van der Waals surface area contributed by atoms with Crippen molar-refractivity contribution in [2.75, 3.05) is 39.4 Å². The highest BCUT2D eigenvalue weighted by Gasteiger charge is 2.32. The summed E-state index contributed by atoms with van der Waals surface area (Å²) in [5, 5.41) is 6.10. The minimum atomic E-state index is -3.77. The first kappa shape index (κ1) is 31.4. The molecular weight excluding hydrogens is 604 g/mol. The van der Waals surface area contributed by atoms with Gasteiger partial charge in [-0.2, -0.15) is 14.4 Å². The zero-order chi connectivity index (χ0) is 31.6. The summed E-state index contributed by atoms with van der Waals surface area (Å²) in [6.07, 6.45) is 1.06. The van der Waals surface area contributed by atoms with Gasteiger partial charge in [0.15, 0.2) is 11.5 Å². The van der Waals surface area contributed by atoms with Crippen LogP contribution < -0.4 is 19.2 Å². The van der Waals surface area contributed by atoms with E-state index in [1.807, 2.05) is 39.0 Å². The van der Waals surface area contributed by atoms with E-state index in [0.29, 0.717) is 27.9 Å². The van der Waals surface area contributed by atoms with E-state index < -0.39 is 15.9 Å². The second-order valence-corrected chi connectivity index (χ2v) is 13.3. The summed E-state index contributed by atoms with van der Waals surface area (Å²) in [4.78, 5) is 18.7. The normalized spacial score (nSPS) is 17.6. The number of anilines is 1. The molecule has 0 aliphatic carbocycles. The van der Waals surface area contributed by atoms with Crippen LogP contribution in [0.5, 0.6) is 17.2 Å². The number of sulfonamides is 1. The third kappa shape index (κ3) is 6.41. The van der Waals surface area contributed by atoms with E-state index >= 15 is 0 Å². The van der Waals surface area contributed by atoms with E-state index in [9.17, 15) is 13.2 Å². The Kier molecular flexibility index (Phi) is 9.20. The van der Waals surface area contributed by atoms with Gasteiger partial charge < -0.3 is 18.9 Å². The number of fused-ring (bicyclic) bond motifs is 1. The van der Waals surface area contributed by atoms with E-state index in [1.54, 1.807) is 12.1 Å². The first-order chi connectivity index (χ1) is 21.0. The van der Waals surface area contributed by atoms with Gasteiger partial charge in [-0.15, -0.1) is 0 Å². The van der Waals surface area contributed by atoms with Crippen molar-refractivity contribution in [3.8, 4) is 17.2 Å². The van der Waals surface area contributed by atoms with Gasteiger partial charge in [0.05, 0.1) is 54.9 Å². The van der Waals surface area contributed by atoms with Crippen molar-refractivity contribution in [2.24, 2.45) is 5.10 Å². The van der Waals surface area contributed by atoms with Crippen LogP contribution in [0.2, 0.25) is 0 Å². The summed E-state index contributed by atoms with van der Waals surface area (Å²) in [6, 6.07) is 15.1. The summed E-state index contributed by atoms with van der Waals surface area (Å²) in [5.74, 6) is 0.810. The number of aryl methyl sites for hydroxylation is 1. The molecule has 2 unspecified atom stereocenters. The predicted molar refractivity (Wildman–Crippen MR) is 170 cm³/mol. The van der Waals surface area contributed by atoms with Gasteiger partial charge in [0.2, 0.25) is 20.9 Å². The Bertz CT molecular complexity index is 1770. The largest absolute Gasteiger partial charge is 0.493 e. The molecule has 1 amide bonds. The topological polar surface area (TPSA) is 120 Å². The van der Waals surface area contributed by atoms with Crippen LogP contribution in [0.15, 0.2) is 64.6 Å². The number of amides is 1. The molecule has 0 saturated carbocycles. The average Bonchev–Trinajstić information content (AvgIpc) is 3.42. The molecule has 11 nitrogen and oxygen atoms in total. The molecule has 2 atom stereocenters. The Balaban J connectivity index is 1.50. The fourth-order valence-electron chi connectivity index (χ4n) is 4.97. The number of nitrogens with zero attached hydrogens (tertiary/aromatic N) is 4. The summed E-state index contributed by atoms with van der Waals surface area (Å²) in [5.41, 5.74) is 2.62. The summed E-state index contributed by atoms with van der Waals surface area (Å²) >= 11 is 1.32. The summed E-state index contributed by atoms with van der Waals surface area (Å²) < 4.78 is 51.1. The van der Waals surface area contributed by atoms with Crippen LogP contribution in [0.3, 0.4) is 0 Å². The molecule has 0 radical (unpaired) electrons. The van der Waals surface area contributed by atoms with E-state index in [2.05, 4.69) is 10.1 Å². The summed E-state index contributed by atoms with van der Waals surface area (Å²) in [7, 11) is 0.771. The molecule has 1 aromatic heterocycles. The number of morpholine rings is 1. The lowest BCUT2D eigenvalue weighted by atomic mass is 10.2. The SMILES string of the molecule is COc1cc(/C=N/N(C(=O)c2ccc(S(=O)(=O)N3CC(C)OC(C)C3)cc2)c2nc3ccc(C)cc3s2)cc(OC)c1OC. The first-order valence-electron chi connectivity index (χ1n) is 13.8. The maximum absolute atomic E-state index is 13.9. The van der Waals surface area contributed by atoms with Crippen LogP contribution in [0.1, 0.15) is 35.3 Å². The van der Waals surface area contributed by atoms with Crippen molar-refractivity contribution in [1.29, 1.82) is 0 Å². The Morgan fingerprint density at radius 3 is 2.23 bits per heavy atom. The minimum absolute atomic E-state index is 0.0956. The van der Waals surface area contributed by atoms with Crippen molar-refractivity contribution in [3.63, 3.8) is 0 Å². The maximum atomic E-state index is 13.9.